The number of rotatable bonds is 3. The third kappa shape index (κ3) is 3.38. The monoisotopic (exact) mass is 231 g/mol. The van der Waals surface area contributed by atoms with Crippen molar-refractivity contribution in [1.82, 2.24) is 5.32 Å². The molecule has 0 fully saturated rings. The smallest absolute Gasteiger partial charge is 0.412 e. The molecule has 0 saturated carbocycles. The number of hydrogen-bond acceptors (Lipinski definition) is 3. The molecule has 0 atom stereocenters. The summed E-state index contributed by atoms with van der Waals surface area (Å²) in [5, 5.41) is 2.61. The number of amides is 1. The SMILES string of the molecule is Cc1ccc(CNC(=O)Oc2ccccc2)o1. The average Bonchev–Trinajstić information content (AvgIpc) is 2.74. The van der Waals surface area contributed by atoms with Crippen molar-refractivity contribution in [2.45, 2.75) is 13.5 Å². The molecule has 4 heteroatoms. The quantitative estimate of drug-likeness (QED) is 0.883. The second-order valence-electron chi connectivity index (χ2n) is 3.57. The third-order valence-corrected chi connectivity index (χ3v) is 2.16. The van der Waals surface area contributed by atoms with Crippen LogP contribution in [0.3, 0.4) is 0 Å². The molecule has 0 bridgehead atoms. The van der Waals surface area contributed by atoms with Crippen molar-refractivity contribution >= 4 is 6.09 Å². The summed E-state index contributed by atoms with van der Waals surface area (Å²) in [6, 6.07) is 12.6. The first-order valence-electron chi connectivity index (χ1n) is 5.30. The number of benzene rings is 1. The zero-order chi connectivity index (χ0) is 12.1. The van der Waals surface area contributed by atoms with Gasteiger partial charge >= 0.3 is 6.09 Å². The number of nitrogens with one attached hydrogen (secondary N) is 1. The van der Waals surface area contributed by atoms with E-state index in [0.717, 1.165) is 5.76 Å². The summed E-state index contributed by atoms with van der Waals surface area (Å²) in [7, 11) is 0. The number of ether oxygens (including phenoxy) is 1. The molecule has 1 amide bonds. The Labute approximate surface area is 99.2 Å². The van der Waals surface area contributed by atoms with Crippen molar-refractivity contribution < 1.29 is 13.9 Å². The molecule has 2 rings (SSSR count). The van der Waals surface area contributed by atoms with E-state index in [4.69, 9.17) is 9.15 Å². The van der Waals surface area contributed by atoms with Crippen molar-refractivity contribution in [2.75, 3.05) is 0 Å². The van der Waals surface area contributed by atoms with E-state index in [1.165, 1.54) is 0 Å². The number of para-hydroxylation sites is 1. The highest BCUT2D eigenvalue weighted by atomic mass is 16.6. The Morgan fingerprint density at radius 2 is 2.00 bits per heavy atom. The maximum absolute atomic E-state index is 11.4. The van der Waals surface area contributed by atoms with Crippen LogP contribution in [0.5, 0.6) is 5.75 Å². The summed E-state index contributed by atoms with van der Waals surface area (Å²) in [6.07, 6.45) is -0.495. The Bertz CT molecular complexity index is 490. The lowest BCUT2D eigenvalue weighted by molar-refractivity contribution is 0.199. The molecule has 1 aromatic carbocycles. The van der Waals surface area contributed by atoms with Gasteiger partial charge in [-0.3, -0.25) is 0 Å². The fourth-order valence-electron chi connectivity index (χ4n) is 1.37. The standard InChI is InChI=1S/C13H13NO3/c1-10-7-8-12(16-10)9-14-13(15)17-11-5-3-2-4-6-11/h2-8H,9H2,1H3,(H,14,15). The summed E-state index contributed by atoms with van der Waals surface area (Å²) in [5.74, 6) is 2.03. The normalized spacial score (nSPS) is 9.94. The van der Waals surface area contributed by atoms with Crippen molar-refractivity contribution in [3.8, 4) is 5.75 Å². The van der Waals surface area contributed by atoms with Crippen LogP contribution in [0.15, 0.2) is 46.9 Å². The van der Waals surface area contributed by atoms with Crippen LogP contribution in [-0.4, -0.2) is 6.09 Å². The zero-order valence-corrected chi connectivity index (χ0v) is 9.47. The number of carbonyl (C=O) groups excluding carboxylic acids is 1. The van der Waals surface area contributed by atoms with Crippen molar-refractivity contribution in [3.05, 3.63) is 54.0 Å². The molecule has 0 radical (unpaired) electrons. The van der Waals surface area contributed by atoms with Gasteiger partial charge in [-0.15, -0.1) is 0 Å². The van der Waals surface area contributed by atoms with Crippen molar-refractivity contribution in [1.29, 1.82) is 0 Å². The van der Waals surface area contributed by atoms with Crippen molar-refractivity contribution in [3.63, 3.8) is 0 Å². The summed E-state index contributed by atoms with van der Waals surface area (Å²) in [5.41, 5.74) is 0. The van der Waals surface area contributed by atoms with Crippen molar-refractivity contribution in [2.24, 2.45) is 0 Å². The lowest BCUT2D eigenvalue weighted by Gasteiger charge is -2.04. The van der Waals surface area contributed by atoms with E-state index in [9.17, 15) is 4.79 Å². The van der Waals surface area contributed by atoms with Gasteiger partial charge in [0.2, 0.25) is 0 Å². The molecule has 0 aliphatic rings. The molecular weight excluding hydrogens is 218 g/mol. The molecule has 17 heavy (non-hydrogen) atoms. The fourth-order valence-corrected chi connectivity index (χ4v) is 1.37. The van der Waals surface area contributed by atoms with Gasteiger partial charge in [-0.2, -0.15) is 0 Å². The molecule has 0 spiro atoms. The van der Waals surface area contributed by atoms with Gasteiger partial charge in [0.05, 0.1) is 6.54 Å². The Morgan fingerprint density at radius 3 is 2.65 bits per heavy atom. The van der Waals surface area contributed by atoms with Gasteiger partial charge in [0, 0.05) is 0 Å². The summed E-state index contributed by atoms with van der Waals surface area (Å²) in [6.45, 7) is 2.17. The predicted molar refractivity (Wildman–Crippen MR) is 62.8 cm³/mol. The van der Waals surface area contributed by atoms with Crippen LogP contribution in [-0.2, 0) is 6.54 Å². The third-order valence-electron chi connectivity index (χ3n) is 2.16. The maximum atomic E-state index is 11.4. The molecule has 0 aliphatic heterocycles. The molecule has 4 nitrogen and oxygen atoms in total. The first-order chi connectivity index (χ1) is 8.24. The molecule has 1 aromatic heterocycles. The highest BCUT2D eigenvalue weighted by Crippen LogP contribution is 2.09. The topological polar surface area (TPSA) is 51.5 Å². The van der Waals surface area contributed by atoms with Gasteiger partial charge in [0.15, 0.2) is 0 Å². The fraction of sp³-hybridized carbons (Fsp3) is 0.154. The molecule has 88 valence electrons. The van der Waals surface area contributed by atoms with E-state index in [1.54, 1.807) is 24.3 Å². The molecule has 1 N–H and O–H groups in total. The Hall–Kier alpha value is -2.23. The average molecular weight is 231 g/mol. The number of furan rings is 1. The second-order valence-corrected chi connectivity index (χ2v) is 3.57. The van der Waals surface area contributed by atoms with Crippen LogP contribution < -0.4 is 10.1 Å². The van der Waals surface area contributed by atoms with Gasteiger partial charge in [0.1, 0.15) is 17.3 Å². The summed E-state index contributed by atoms with van der Waals surface area (Å²) in [4.78, 5) is 11.4. The van der Waals surface area contributed by atoms with Gasteiger partial charge in [-0.25, -0.2) is 4.79 Å². The second kappa shape index (κ2) is 5.21. The van der Waals surface area contributed by atoms with Gasteiger partial charge in [-0.1, -0.05) is 18.2 Å². The Balaban J connectivity index is 1.82. The molecular formula is C13H13NO3. The molecule has 0 unspecified atom stereocenters. The lowest BCUT2D eigenvalue weighted by atomic mass is 10.3. The minimum atomic E-state index is -0.495. The first kappa shape index (κ1) is 11.3. The molecule has 0 saturated heterocycles. The Morgan fingerprint density at radius 1 is 1.24 bits per heavy atom. The highest BCUT2D eigenvalue weighted by Gasteiger charge is 2.05. The molecule has 2 aromatic rings. The van der Waals surface area contributed by atoms with E-state index in [0.29, 0.717) is 18.1 Å². The largest absolute Gasteiger partial charge is 0.465 e. The van der Waals surface area contributed by atoms with Crippen LogP contribution in [0.4, 0.5) is 4.79 Å². The van der Waals surface area contributed by atoms with E-state index >= 15 is 0 Å². The van der Waals surface area contributed by atoms with Gasteiger partial charge in [-0.05, 0) is 31.2 Å². The van der Waals surface area contributed by atoms with E-state index in [1.807, 2.05) is 25.1 Å². The van der Waals surface area contributed by atoms with Crippen LogP contribution in [0.25, 0.3) is 0 Å². The number of hydrogen-bond donors (Lipinski definition) is 1. The van der Waals surface area contributed by atoms with E-state index < -0.39 is 6.09 Å². The number of carbonyl (C=O) groups is 1. The highest BCUT2D eigenvalue weighted by molar-refractivity contribution is 5.70. The van der Waals surface area contributed by atoms with E-state index in [2.05, 4.69) is 5.32 Å². The molecule has 1 heterocycles. The van der Waals surface area contributed by atoms with Crippen LogP contribution in [0.2, 0.25) is 0 Å². The summed E-state index contributed by atoms with van der Waals surface area (Å²) >= 11 is 0. The maximum Gasteiger partial charge on any atom is 0.412 e. The summed E-state index contributed by atoms with van der Waals surface area (Å²) < 4.78 is 10.4. The van der Waals surface area contributed by atoms with Gasteiger partial charge < -0.3 is 14.5 Å². The molecule has 0 aliphatic carbocycles. The van der Waals surface area contributed by atoms with Crippen LogP contribution >= 0.6 is 0 Å². The predicted octanol–water partition coefficient (Wildman–Crippen LogP) is 2.88. The Kier molecular flexibility index (Phi) is 3.45. The first-order valence-corrected chi connectivity index (χ1v) is 5.30. The minimum absolute atomic E-state index is 0.319. The number of aryl methyl sites for hydroxylation is 1. The lowest BCUT2D eigenvalue weighted by Crippen LogP contribution is -2.26. The van der Waals surface area contributed by atoms with Crippen LogP contribution in [0.1, 0.15) is 11.5 Å². The zero-order valence-electron chi connectivity index (χ0n) is 9.47. The van der Waals surface area contributed by atoms with E-state index in [-0.39, 0.29) is 0 Å². The van der Waals surface area contributed by atoms with Crippen LogP contribution in [0, 0.1) is 6.92 Å². The minimum Gasteiger partial charge on any atom is -0.465 e. The van der Waals surface area contributed by atoms with Gasteiger partial charge in [0.25, 0.3) is 0 Å².